The van der Waals surface area contributed by atoms with Crippen LogP contribution in [0.25, 0.3) is 0 Å². The first-order valence-corrected chi connectivity index (χ1v) is 4.99. The van der Waals surface area contributed by atoms with Gasteiger partial charge in [-0.3, -0.25) is 0 Å². The van der Waals surface area contributed by atoms with E-state index in [1.807, 2.05) is 31.2 Å². The molecule has 0 saturated carbocycles. The van der Waals surface area contributed by atoms with Crippen LogP contribution in [0.2, 0.25) is 5.02 Å². The predicted molar refractivity (Wildman–Crippen MR) is 56.1 cm³/mol. The van der Waals surface area contributed by atoms with E-state index in [1.54, 1.807) is 0 Å². The summed E-state index contributed by atoms with van der Waals surface area (Å²) in [5.41, 5.74) is 1.28. The van der Waals surface area contributed by atoms with Gasteiger partial charge in [0, 0.05) is 5.02 Å². The van der Waals surface area contributed by atoms with E-state index < -0.39 is 0 Å². The third kappa shape index (κ3) is 4.30. The molecular weight excluding hydrogens is 184 g/mol. The molecule has 1 unspecified atom stereocenters. The zero-order valence-corrected chi connectivity index (χ0v) is 8.59. The number of rotatable bonds is 4. The smallest absolute Gasteiger partial charge is 0.0512 e. The SMILES string of the molecule is CC(O)CCCc1ccc(Cl)cc1. The molecule has 1 atom stereocenters. The highest BCUT2D eigenvalue weighted by Crippen LogP contribution is 2.12. The van der Waals surface area contributed by atoms with Crippen LogP contribution in [-0.4, -0.2) is 11.2 Å². The van der Waals surface area contributed by atoms with Gasteiger partial charge in [-0.2, -0.15) is 0 Å². The van der Waals surface area contributed by atoms with Gasteiger partial charge in [-0.1, -0.05) is 23.7 Å². The third-order valence-electron chi connectivity index (χ3n) is 2.00. The largest absolute Gasteiger partial charge is 0.393 e. The number of hydrogen-bond acceptors (Lipinski definition) is 1. The third-order valence-corrected chi connectivity index (χ3v) is 2.25. The fourth-order valence-corrected chi connectivity index (χ4v) is 1.38. The minimum absolute atomic E-state index is 0.188. The Kier molecular flexibility index (Phi) is 4.26. The molecule has 0 aromatic heterocycles. The van der Waals surface area contributed by atoms with E-state index in [2.05, 4.69) is 0 Å². The normalized spacial score (nSPS) is 12.8. The average molecular weight is 199 g/mol. The fraction of sp³-hybridized carbons (Fsp3) is 0.455. The van der Waals surface area contributed by atoms with E-state index in [0.717, 1.165) is 24.3 Å². The van der Waals surface area contributed by atoms with Crippen LogP contribution in [0.3, 0.4) is 0 Å². The van der Waals surface area contributed by atoms with Crippen molar-refractivity contribution < 1.29 is 5.11 Å². The summed E-state index contributed by atoms with van der Waals surface area (Å²) in [7, 11) is 0. The minimum atomic E-state index is -0.188. The van der Waals surface area contributed by atoms with Crippen LogP contribution in [0.15, 0.2) is 24.3 Å². The topological polar surface area (TPSA) is 20.2 Å². The van der Waals surface area contributed by atoms with Crippen LogP contribution in [0, 0.1) is 0 Å². The van der Waals surface area contributed by atoms with Gasteiger partial charge in [0.15, 0.2) is 0 Å². The molecule has 1 aromatic carbocycles. The maximum atomic E-state index is 9.05. The summed E-state index contributed by atoms with van der Waals surface area (Å²) >= 11 is 5.76. The molecule has 0 saturated heterocycles. The molecular formula is C11H15ClO. The van der Waals surface area contributed by atoms with E-state index in [-0.39, 0.29) is 6.10 Å². The Morgan fingerprint density at radius 2 is 1.92 bits per heavy atom. The summed E-state index contributed by atoms with van der Waals surface area (Å²) in [5, 5.41) is 9.83. The predicted octanol–water partition coefficient (Wildman–Crippen LogP) is 3.04. The molecule has 0 fully saturated rings. The van der Waals surface area contributed by atoms with Crippen molar-refractivity contribution in [2.75, 3.05) is 0 Å². The number of aliphatic hydroxyl groups is 1. The standard InChI is InChI=1S/C11H15ClO/c1-9(13)3-2-4-10-5-7-11(12)8-6-10/h5-9,13H,2-4H2,1H3. The van der Waals surface area contributed by atoms with Crippen molar-refractivity contribution in [2.45, 2.75) is 32.3 Å². The lowest BCUT2D eigenvalue weighted by atomic mass is 10.1. The van der Waals surface area contributed by atoms with Gasteiger partial charge in [0.05, 0.1) is 6.10 Å². The van der Waals surface area contributed by atoms with E-state index in [9.17, 15) is 0 Å². The van der Waals surface area contributed by atoms with Crippen molar-refractivity contribution in [1.29, 1.82) is 0 Å². The number of aliphatic hydroxyl groups excluding tert-OH is 1. The molecule has 0 aliphatic carbocycles. The first-order valence-electron chi connectivity index (χ1n) is 4.61. The van der Waals surface area contributed by atoms with Gasteiger partial charge < -0.3 is 5.11 Å². The summed E-state index contributed by atoms with van der Waals surface area (Å²) in [6.45, 7) is 1.82. The van der Waals surface area contributed by atoms with E-state index >= 15 is 0 Å². The minimum Gasteiger partial charge on any atom is -0.393 e. The summed E-state index contributed by atoms with van der Waals surface area (Å²) in [6, 6.07) is 7.87. The fourth-order valence-electron chi connectivity index (χ4n) is 1.25. The molecule has 72 valence electrons. The van der Waals surface area contributed by atoms with Crippen LogP contribution in [-0.2, 0) is 6.42 Å². The van der Waals surface area contributed by atoms with Crippen molar-refractivity contribution in [1.82, 2.24) is 0 Å². The monoisotopic (exact) mass is 198 g/mol. The van der Waals surface area contributed by atoms with Gasteiger partial charge in [0.25, 0.3) is 0 Å². The molecule has 1 N–H and O–H groups in total. The van der Waals surface area contributed by atoms with Crippen molar-refractivity contribution in [2.24, 2.45) is 0 Å². The molecule has 2 heteroatoms. The van der Waals surface area contributed by atoms with Crippen LogP contribution in [0.4, 0.5) is 0 Å². The van der Waals surface area contributed by atoms with Crippen LogP contribution < -0.4 is 0 Å². The zero-order chi connectivity index (χ0) is 9.68. The summed E-state index contributed by atoms with van der Waals surface area (Å²) < 4.78 is 0. The van der Waals surface area contributed by atoms with Crippen LogP contribution in [0.1, 0.15) is 25.3 Å². The van der Waals surface area contributed by atoms with Gasteiger partial charge >= 0.3 is 0 Å². The van der Waals surface area contributed by atoms with E-state index in [4.69, 9.17) is 16.7 Å². The zero-order valence-electron chi connectivity index (χ0n) is 7.83. The quantitative estimate of drug-likeness (QED) is 0.789. The average Bonchev–Trinajstić information content (AvgIpc) is 2.08. The van der Waals surface area contributed by atoms with Gasteiger partial charge in [0.1, 0.15) is 0 Å². The van der Waals surface area contributed by atoms with Crippen molar-refractivity contribution in [3.63, 3.8) is 0 Å². The molecule has 0 bridgehead atoms. The Morgan fingerprint density at radius 3 is 2.46 bits per heavy atom. The second-order valence-electron chi connectivity index (χ2n) is 3.37. The summed E-state index contributed by atoms with van der Waals surface area (Å²) in [4.78, 5) is 0. The molecule has 0 radical (unpaired) electrons. The lowest BCUT2D eigenvalue weighted by molar-refractivity contribution is 0.182. The van der Waals surface area contributed by atoms with Crippen LogP contribution >= 0.6 is 11.6 Å². The van der Waals surface area contributed by atoms with Crippen molar-refractivity contribution in [3.8, 4) is 0 Å². The highest BCUT2D eigenvalue weighted by molar-refractivity contribution is 6.30. The number of hydrogen-bond donors (Lipinski definition) is 1. The second-order valence-corrected chi connectivity index (χ2v) is 3.80. The molecule has 0 aliphatic heterocycles. The van der Waals surface area contributed by atoms with Gasteiger partial charge in [-0.15, -0.1) is 0 Å². The highest BCUT2D eigenvalue weighted by atomic mass is 35.5. The Bertz CT molecular complexity index is 241. The lowest BCUT2D eigenvalue weighted by Crippen LogP contribution is -1.99. The first kappa shape index (κ1) is 10.6. The van der Waals surface area contributed by atoms with Gasteiger partial charge in [0.2, 0.25) is 0 Å². The van der Waals surface area contributed by atoms with E-state index in [0.29, 0.717) is 0 Å². The highest BCUT2D eigenvalue weighted by Gasteiger charge is 1.97. The summed E-state index contributed by atoms with van der Waals surface area (Å²) in [6.07, 6.45) is 2.72. The Balaban J connectivity index is 2.33. The number of aryl methyl sites for hydroxylation is 1. The number of halogens is 1. The molecule has 1 rings (SSSR count). The van der Waals surface area contributed by atoms with Gasteiger partial charge in [-0.25, -0.2) is 0 Å². The second kappa shape index (κ2) is 5.25. The first-order chi connectivity index (χ1) is 6.18. The summed E-state index contributed by atoms with van der Waals surface area (Å²) in [5.74, 6) is 0. The Labute approximate surface area is 84.4 Å². The maximum Gasteiger partial charge on any atom is 0.0512 e. The van der Waals surface area contributed by atoms with Gasteiger partial charge in [-0.05, 0) is 43.9 Å². The molecule has 0 amide bonds. The molecule has 0 heterocycles. The molecule has 0 aliphatic rings. The molecule has 1 nitrogen and oxygen atoms in total. The van der Waals surface area contributed by atoms with E-state index in [1.165, 1.54) is 5.56 Å². The van der Waals surface area contributed by atoms with Crippen molar-refractivity contribution >= 4 is 11.6 Å². The number of benzene rings is 1. The molecule has 0 spiro atoms. The molecule has 1 aromatic rings. The Morgan fingerprint density at radius 1 is 1.31 bits per heavy atom. The Hall–Kier alpha value is -0.530. The maximum absolute atomic E-state index is 9.05. The van der Waals surface area contributed by atoms with Crippen LogP contribution in [0.5, 0.6) is 0 Å². The molecule has 13 heavy (non-hydrogen) atoms. The lowest BCUT2D eigenvalue weighted by Gasteiger charge is -2.03. The van der Waals surface area contributed by atoms with Crippen molar-refractivity contribution in [3.05, 3.63) is 34.9 Å².